The van der Waals surface area contributed by atoms with Crippen LogP contribution >= 0.6 is 0 Å². The second-order valence-electron chi connectivity index (χ2n) is 9.94. The molecule has 2 N–H and O–H groups in total. The van der Waals surface area contributed by atoms with Crippen molar-refractivity contribution in [2.75, 3.05) is 25.1 Å². The quantitative estimate of drug-likeness (QED) is 0.361. The maximum absolute atomic E-state index is 14.1. The van der Waals surface area contributed by atoms with Crippen molar-refractivity contribution in [3.05, 3.63) is 94.9 Å². The zero-order valence-electron chi connectivity index (χ0n) is 21.6. The van der Waals surface area contributed by atoms with Crippen LogP contribution in [0.25, 0.3) is 10.9 Å². The molecular weight excluding hydrogens is 499 g/mol. The number of anilines is 1. The summed E-state index contributed by atoms with van der Waals surface area (Å²) in [6, 6.07) is 17.9. The van der Waals surface area contributed by atoms with Crippen LogP contribution in [0.1, 0.15) is 34.1 Å². The number of urea groups is 1. The molecule has 0 unspecified atom stereocenters. The number of carbonyl (C=O) groups excluding carboxylic acids is 3. The molecule has 9 heteroatoms. The molecule has 3 heterocycles. The Hall–Kier alpha value is -4.66. The SMILES string of the molecule is COc1ccc2[nH]c3c(c2c1)CCN1C(=O)N(c2ccccc2C(=O)NCCc2ccc(F)cc2)C(=O)[C@]31C. The number of amides is 4. The van der Waals surface area contributed by atoms with Gasteiger partial charge in [-0.25, -0.2) is 14.1 Å². The van der Waals surface area contributed by atoms with E-state index in [-0.39, 0.29) is 17.1 Å². The number of hydrogen-bond donors (Lipinski definition) is 2. The third kappa shape index (κ3) is 3.84. The molecule has 4 amide bonds. The Balaban J connectivity index is 1.31. The largest absolute Gasteiger partial charge is 0.497 e. The number of imide groups is 1. The first kappa shape index (κ1) is 24.7. The fourth-order valence-electron chi connectivity index (χ4n) is 5.69. The summed E-state index contributed by atoms with van der Waals surface area (Å²) in [6.07, 6.45) is 1.09. The Morgan fingerprint density at radius 1 is 1.10 bits per heavy atom. The number of para-hydroxylation sites is 1. The first-order chi connectivity index (χ1) is 18.8. The molecule has 0 spiro atoms. The zero-order chi connectivity index (χ0) is 27.3. The van der Waals surface area contributed by atoms with Crippen molar-refractivity contribution in [2.45, 2.75) is 25.3 Å². The van der Waals surface area contributed by atoms with E-state index in [1.165, 1.54) is 12.1 Å². The first-order valence-corrected chi connectivity index (χ1v) is 12.8. The fourth-order valence-corrected chi connectivity index (χ4v) is 5.69. The molecule has 198 valence electrons. The monoisotopic (exact) mass is 526 g/mol. The lowest BCUT2D eigenvalue weighted by atomic mass is 9.87. The van der Waals surface area contributed by atoms with E-state index in [4.69, 9.17) is 4.74 Å². The number of nitrogens with zero attached hydrogens (tertiary/aromatic N) is 2. The van der Waals surface area contributed by atoms with Gasteiger partial charge < -0.3 is 19.9 Å². The van der Waals surface area contributed by atoms with Crippen LogP contribution in [0.4, 0.5) is 14.9 Å². The van der Waals surface area contributed by atoms with Crippen LogP contribution < -0.4 is 15.0 Å². The molecule has 0 aliphatic carbocycles. The number of rotatable bonds is 6. The summed E-state index contributed by atoms with van der Waals surface area (Å²) in [7, 11) is 1.61. The van der Waals surface area contributed by atoms with Crippen LogP contribution in [0.15, 0.2) is 66.7 Å². The number of hydrogen-bond acceptors (Lipinski definition) is 4. The van der Waals surface area contributed by atoms with Gasteiger partial charge in [0.2, 0.25) is 0 Å². The Labute approximate surface area is 224 Å². The average Bonchev–Trinajstić information content (AvgIpc) is 3.42. The number of fused-ring (bicyclic) bond motifs is 5. The molecule has 0 bridgehead atoms. The molecule has 6 rings (SSSR count). The summed E-state index contributed by atoms with van der Waals surface area (Å²) in [5.41, 5.74) is 2.62. The third-order valence-electron chi connectivity index (χ3n) is 7.77. The van der Waals surface area contributed by atoms with Crippen LogP contribution in [0.2, 0.25) is 0 Å². The van der Waals surface area contributed by atoms with Crippen molar-refractivity contribution in [1.82, 2.24) is 15.2 Å². The molecule has 1 aromatic heterocycles. The summed E-state index contributed by atoms with van der Waals surface area (Å²) in [6.45, 7) is 2.43. The predicted octanol–water partition coefficient (Wildman–Crippen LogP) is 4.53. The Bertz CT molecular complexity index is 1630. The lowest BCUT2D eigenvalue weighted by molar-refractivity contribution is -0.125. The minimum absolute atomic E-state index is 0.225. The van der Waals surface area contributed by atoms with Crippen molar-refractivity contribution in [2.24, 2.45) is 0 Å². The van der Waals surface area contributed by atoms with Gasteiger partial charge in [-0.2, -0.15) is 0 Å². The van der Waals surface area contributed by atoms with Crippen LogP contribution in [0.3, 0.4) is 0 Å². The Morgan fingerprint density at radius 3 is 2.64 bits per heavy atom. The minimum atomic E-state index is -1.25. The summed E-state index contributed by atoms with van der Waals surface area (Å²) < 4.78 is 18.6. The standard InChI is InChI=1S/C30H27FN4O4/c1-30-26-21(23-17-20(39-2)11-12-24(23)33-26)14-16-34(30)29(38)35(28(30)37)25-6-4-3-5-22(25)27(36)32-15-13-18-7-9-19(31)10-8-18/h3-12,17,33H,13-16H2,1-2H3,(H,32,36)/t30-/m0/s1. The molecule has 1 saturated heterocycles. The van der Waals surface area contributed by atoms with Crippen molar-refractivity contribution in [1.29, 1.82) is 0 Å². The van der Waals surface area contributed by atoms with E-state index in [0.29, 0.717) is 37.4 Å². The van der Waals surface area contributed by atoms with Crippen molar-refractivity contribution < 1.29 is 23.5 Å². The van der Waals surface area contributed by atoms with Crippen LogP contribution in [0, 0.1) is 5.82 Å². The van der Waals surface area contributed by atoms with Crippen LogP contribution in [-0.4, -0.2) is 47.9 Å². The van der Waals surface area contributed by atoms with Gasteiger partial charge >= 0.3 is 6.03 Å². The fraction of sp³-hybridized carbons (Fsp3) is 0.233. The number of aromatic nitrogens is 1. The maximum atomic E-state index is 14.1. The number of halogens is 1. The van der Waals surface area contributed by atoms with Gasteiger partial charge in [-0.15, -0.1) is 0 Å². The molecule has 1 fully saturated rings. The Morgan fingerprint density at radius 2 is 1.87 bits per heavy atom. The van der Waals surface area contributed by atoms with Gasteiger partial charge in [0.1, 0.15) is 11.6 Å². The van der Waals surface area contributed by atoms with E-state index in [2.05, 4.69) is 10.3 Å². The molecule has 4 aromatic rings. The summed E-state index contributed by atoms with van der Waals surface area (Å²) in [4.78, 5) is 47.1. The highest BCUT2D eigenvalue weighted by Gasteiger charge is 2.59. The van der Waals surface area contributed by atoms with E-state index in [1.54, 1.807) is 55.3 Å². The summed E-state index contributed by atoms with van der Waals surface area (Å²) in [5, 5.41) is 3.82. The van der Waals surface area contributed by atoms with Gasteiger partial charge in [0.15, 0.2) is 5.54 Å². The highest BCUT2D eigenvalue weighted by atomic mass is 19.1. The smallest absolute Gasteiger partial charge is 0.332 e. The lowest BCUT2D eigenvalue weighted by Gasteiger charge is -2.35. The summed E-state index contributed by atoms with van der Waals surface area (Å²) in [5.74, 6) is -0.423. The average molecular weight is 527 g/mol. The molecular formula is C30H27FN4O4. The third-order valence-corrected chi connectivity index (χ3v) is 7.77. The number of nitrogens with one attached hydrogen (secondary N) is 2. The molecule has 39 heavy (non-hydrogen) atoms. The van der Waals surface area contributed by atoms with Gasteiger partial charge in [0.25, 0.3) is 11.8 Å². The number of ether oxygens (including phenoxy) is 1. The second-order valence-corrected chi connectivity index (χ2v) is 9.94. The number of methoxy groups -OCH3 is 1. The first-order valence-electron chi connectivity index (χ1n) is 12.8. The molecule has 2 aliphatic rings. The van der Waals surface area contributed by atoms with Crippen LogP contribution in [-0.2, 0) is 23.2 Å². The van der Waals surface area contributed by atoms with Crippen LogP contribution in [0.5, 0.6) is 5.75 Å². The van der Waals surface area contributed by atoms with E-state index < -0.39 is 23.4 Å². The molecule has 0 saturated carbocycles. The second kappa shape index (κ2) is 9.27. The minimum Gasteiger partial charge on any atom is -0.497 e. The number of H-pyrrole nitrogens is 1. The van der Waals surface area contributed by atoms with E-state index >= 15 is 0 Å². The van der Waals surface area contributed by atoms with Gasteiger partial charge in [-0.1, -0.05) is 24.3 Å². The molecule has 1 atom stereocenters. The molecule has 3 aromatic carbocycles. The topological polar surface area (TPSA) is 94.7 Å². The van der Waals surface area contributed by atoms with Gasteiger partial charge in [-0.05, 0) is 73.4 Å². The zero-order valence-corrected chi connectivity index (χ0v) is 21.6. The highest BCUT2D eigenvalue weighted by Crippen LogP contribution is 2.46. The lowest BCUT2D eigenvalue weighted by Crippen LogP contribution is -2.49. The van der Waals surface area contributed by atoms with E-state index in [1.807, 2.05) is 18.2 Å². The predicted molar refractivity (Wildman–Crippen MR) is 144 cm³/mol. The summed E-state index contributed by atoms with van der Waals surface area (Å²) >= 11 is 0. The Kier molecular flexibility index (Phi) is 5.86. The number of carbonyl (C=O) groups is 3. The van der Waals surface area contributed by atoms with Gasteiger partial charge in [0, 0.05) is 24.0 Å². The molecule has 8 nitrogen and oxygen atoms in total. The molecule has 2 aliphatic heterocycles. The maximum Gasteiger partial charge on any atom is 0.332 e. The number of benzene rings is 3. The van der Waals surface area contributed by atoms with Crippen molar-refractivity contribution >= 4 is 34.4 Å². The normalized spacial score (nSPS) is 18.3. The highest BCUT2D eigenvalue weighted by molar-refractivity contribution is 6.25. The van der Waals surface area contributed by atoms with Crippen molar-refractivity contribution in [3.8, 4) is 5.75 Å². The van der Waals surface area contributed by atoms with E-state index in [9.17, 15) is 18.8 Å². The van der Waals surface area contributed by atoms with Gasteiger partial charge in [-0.3, -0.25) is 9.59 Å². The van der Waals surface area contributed by atoms with Crippen molar-refractivity contribution in [3.63, 3.8) is 0 Å². The van der Waals surface area contributed by atoms with E-state index in [0.717, 1.165) is 26.9 Å². The number of aromatic amines is 1. The molecule has 0 radical (unpaired) electrons. The van der Waals surface area contributed by atoms with Gasteiger partial charge in [0.05, 0.1) is 24.1 Å².